The van der Waals surface area contributed by atoms with Gasteiger partial charge in [0.05, 0.1) is 12.8 Å². The van der Waals surface area contributed by atoms with Gasteiger partial charge in [-0.25, -0.2) is 0 Å². The summed E-state index contributed by atoms with van der Waals surface area (Å²) in [6.45, 7) is 5.34. The van der Waals surface area contributed by atoms with E-state index in [1.165, 1.54) is 19.4 Å². The quantitative estimate of drug-likeness (QED) is 0.847. The van der Waals surface area contributed by atoms with E-state index >= 15 is 0 Å². The van der Waals surface area contributed by atoms with Crippen LogP contribution in [0.4, 0.5) is 0 Å². The van der Waals surface area contributed by atoms with Crippen LogP contribution in [0.2, 0.25) is 0 Å². The van der Waals surface area contributed by atoms with Crippen LogP contribution in [0, 0.1) is 0 Å². The standard InChI is InChI=1S/C14H18N4O2/c1-3-11-9-17(6-7-18(11)5-1)10-13-15-16-14(20-13)12-4-2-8-19-12/h2,4,8,11H,1,3,5-7,9-10H2. The van der Waals surface area contributed by atoms with Crippen molar-refractivity contribution in [3.63, 3.8) is 0 Å². The maximum atomic E-state index is 5.67. The summed E-state index contributed by atoms with van der Waals surface area (Å²) in [5, 5.41) is 8.16. The highest BCUT2D eigenvalue weighted by Crippen LogP contribution is 2.23. The van der Waals surface area contributed by atoms with E-state index in [1.807, 2.05) is 12.1 Å². The van der Waals surface area contributed by atoms with E-state index in [0.29, 0.717) is 17.5 Å². The van der Waals surface area contributed by atoms with Crippen molar-refractivity contribution in [2.45, 2.75) is 25.4 Å². The van der Waals surface area contributed by atoms with E-state index in [2.05, 4.69) is 20.0 Å². The van der Waals surface area contributed by atoms with E-state index in [1.54, 1.807) is 6.26 Å². The molecule has 2 aromatic heterocycles. The van der Waals surface area contributed by atoms with Crippen LogP contribution in [0.25, 0.3) is 11.7 Å². The highest BCUT2D eigenvalue weighted by Gasteiger charge is 2.31. The summed E-state index contributed by atoms with van der Waals surface area (Å²) < 4.78 is 10.9. The van der Waals surface area contributed by atoms with Crippen molar-refractivity contribution < 1.29 is 8.83 Å². The molecule has 0 bridgehead atoms. The molecule has 0 saturated carbocycles. The molecule has 0 radical (unpaired) electrons. The van der Waals surface area contributed by atoms with Crippen LogP contribution in [0.3, 0.4) is 0 Å². The van der Waals surface area contributed by atoms with Crippen LogP contribution >= 0.6 is 0 Å². The Morgan fingerprint density at radius 2 is 2.25 bits per heavy atom. The molecule has 20 heavy (non-hydrogen) atoms. The molecule has 1 unspecified atom stereocenters. The Hall–Kier alpha value is -1.66. The monoisotopic (exact) mass is 274 g/mol. The predicted octanol–water partition coefficient (Wildman–Crippen LogP) is 1.61. The summed E-state index contributed by atoms with van der Waals surface area (Å²) >= 11 is 0. The van der Waals surface area contributed by atoms with Gasteiger partial charge in [0, 0.05) is 25.7 Å². The lowest BCUT2D eigenvalue weighted by Crippen LogP contribution is -2.49. The fourth-order valence-electron chi connectivity index (χ4n) is 3.21. The van der Waals surface area contributed by atoms with Crippen LogP contribution in [0.1, 0.15) is 18.7 Å². The Morgan fingerprint density at radius 3 is 3.15 bits per heavy atom. The Bertz CT molecular complexity index is 566. The molecule has 0 aliphatic carbocycles. The highest BCUT2D eigenvalue weighted by molar-refractivity contribution is 5.42. The van der Waals surface area contributed by atoms with E-state index in [9.17, 15) is 0 Å². The van der Waals surface area contributed by atoms with Crippen molar-refractivity contribution in [3.05, 3.63) is 24.3 Å². The minimum Gasteiger partial charge on any atom is -0.459 e. The fraction of sp³-hybridized carbons (Fsp3) is 0.571. The zero-order valence-electron chi connectivity index (χ0n) is 11.4. The van der Waals surface area contributed by atoms with E-state index in [-0.39, 0.29) is 0 Å². The second-order valence-corrected chi connectivity index (χ2v) is 5.55. The Balaban J connectivity index is 1.42. The molecule has 6 nitrogen and oxygen atoms in total. The zero-order chi connectivity index (χ0) is 13.4. The van der Waals surface area contributed by atoms with E-state index in [4.69, 9.17) is 8.83 Å². The van der Waals surface area contributed by atoms with Crippen molar-refractivity contribution >= 4 is 0 Å². The molecular weight excluding hydrogens is 256 g/mol. The van der Waals surface area contributed by atoms with Gasteiger partial charge in [0.1, 0.15) is 0 Å². The first-order chi connectivity index (χ1) is 9.88. The molecule has 0 spiro atoms. The summed E-state index contributed by atoms with van der Waals surface area (Å²) in [7, 11) is 0. The van der Waals surface area contributed by atoms with Gasteiger partial charge in [-0.15, -0.1) is 10.2 Å². The first-order valence-corrected chi connectivity index (χ1v) is 7.21. The van der Waals surface area contributed by atoms with Gasteiger partial charge in [0.15, 0.2) is 5.76 Å². The number of furan rings is 1. The molecule has 2 aliphatic rings. The number of fused-ring (bicyclic) bond motifs is 1. The maximum absolute atomic E-state index is 5.67. The normalized spacial score (nSPS) is 24.1. The van der Waals surface area contributed by atoms with Gasteiger partial charge in [0.2, 0.25) is 5.89 Å². The molecule has 2 aliphatic heterocycles. The molecule has 4 heterocycles. The SMILES string of the molecule is c1coc(-c2nnc(CN3CCN4CCCC4C3)o2)c1. The predicted molar refractivity (Wildman–Crippen MR) is 71.9 cm³/mol. The summed E-state index contributed by atoms with van der Waals surface area (Å²) in [6, 6.07) is 4.36. The molecule has 0 N–H and O–H groups in total. The molecule has 1 atom stereocenters. The summed E-state index contributed by atoms with van der Waals surface area (Å²) in [4.78, 5) is 5.00. The van der Waals surface area contributed by atoms with Crippen LogP contribution < -0.4 is 0 Å². The number of aromatic nitrogens is 2. The third-order valence-electron chi connectivity index (χ3n) is 4.23. The molecule has 106 valence electrons. The number of piperazine rings is 1. The largest absolute Gasteiger partial charge is 0.459 e. The van der Waals surface area contributed by atoms with Crippen LogP contribution in [0.15, 0.2) is 27.2 Å². The Labute approximate surface area is 117 Å². The van der Waals surface area contributed by atoms with Gasteiger partial charge in [0.25, 0.3) is 5.89 Å². The van der Waals surface area contributed by atoms with E-state index in [0.717, 1.165) is 32.2 Å². The van der Waals surface area contributed by atoms with Crippen molar-refractivity contribution in [2.75, 3.05) is 26.2 Å². The highest BCUT2D eigenvalue weighted by atomic mass is 16.4. The maximum Gasteiger partial charge on any atom is 0.283 e. The minimum absolute atomic E-state index is 0.463. The van der Waals surface area contributed by atoms with Gasteiger partial charge in [-0.1, -0.05) is 0 Å². The molecule has 0 amide bonds. The van der Waals surface area contributed by atoms with Crippen molar-refractivity contribution in [2.24, 2.45) is 0 Å². The average Bonchev–Trinajstić information content (AvgIpc) is 3.19. The summed E-state index contributed by atoms with van der Waals surface area (Å²) in [6.07, 6.45) is 4.26. The minimum atomic E-state index is 0.463. The smallest absolute Gasteiger partial charge is 0.283 e. The fourth-order valence-corrected chi connectivity index (χ4v) is 3.21. The van der Waals surface area contributed by atoms with Crippen LogP contribution in [-0.2, 0) is 6.54 Å². The van der Waals surface area contributed by atoms with Gasteiger partial charge in [-0.2, -0.15) is 0 Å². The first kappa shape index (κ1) is 12.1. The molecule has 0 aromatic carbocycles. The lowest BCUT2D eigenvalue weighted by molar-refractivity contribution is 0.0928. The Morgan fingerprint density at radius 1 is 1.25 bits per heavy atom. The molecule has 6 heteroatoms. The third-order valence-corrected chi connectivity index (χ3v) is 4.23. The Kier molecular flexibility index (Phi) is 3.05. The topological polar surface area (TPSA) is 58.5 Å². The van der Waals surface area contributed by atoms with Crippen molar-refractivity contribution in [1.29, 1.82) is 0 Å². The second kappa shape index (κ2) is 5.03. The van der Waals surface area contributed by atoms with Crippen LogP contribution in [-0.4, -0.2) is 52.2 Å². The number of nitrogens with zero attached hydrogens (tertiary/aromatic N) is 4. The van der Waals surface area contributed by atoms with Crippen molar-refractivity contribution in [3.8, 4) is 11.7 Å². The first-order valence-electron chi connectivity index (χ1n) is 7.21. The molecule has 2 fully saturated rings. The van der Waals surface area contributed by atoms with E-state index < -0.39 is 0 Å². The molecule has 2 saturated heterocycles. The van der Waals surface area contributed by atoms with Gasteiger partial charge >= 0.3 is 0 Å². The van der Waals surface area contributed by atoms with Crippen molar-refractivity contribution in [1.82, 2.24) is 20.0 Å². The molecule has 4 rings (SSSR count). The lowest BCUT2D eigenvalue weighted by Gasteiger charge is -2.36. The summed E-state index contributed by atoms with van der Waals surface area (Å²) in [5.41, 5.74) is 0. The number of rotatable bonds is 3. The average molecular weight is 274 g/mol. The van der Waals surface area contributed by atoms with Gasteiger partial charge < -0.3 is 8.83 Å². The third kappa shape index (κ3) is 2.25. The molecule has 2 aromatic rings. The number of hydrogen-bond acceptors (Lipinski definition) is 6. The zero-order valence-corrected chi connectivity index (χ0v) is 11.4. The van der Waals surface area contributed by atoms with Crippen LogP contribution in [0.5, 0.6) is 0 Å². The second-order valence-electron chi connectivity index (χ2n) is 5.55. The summed E-state index contributed by atoms with van der Waals surface area (Å²) in [5.74, 6) is 1.76. The lowest BCUT2D eigenvalue weighted by atomic mass is 10.1. The van der Waals surface area contributed by atoms with Gasteiger partial charge in [-0.3, -0.25) is 9.80 Å². The molecular formula is C14H18N4O2. The number of hydrogen-bond donors (Lipinski definition) is 0. The van der Waals surface area contributed by atoms with Gasteiger partial charge in [-0.05, 0) is 31.5 Å².